The van der Waals surface area contributed by atoms with Gasteiger partial charge < -0.3 is 15.7 Å². The monoisotopic (exact) mass is 380 g/mol. The first kappa shape index (κ1) is 17.7. The standard InChI is InChI=1S/C21H28N6O/c1-3-15(10-28)24-20-25-18(17-19(26-20)27(4-2)12-23-17)22-11-21-6-5-16-13(8-21)7-14(16)9-21/h4-5,12-15,28H,2-3,6-11H2,1H3,(H2,22,24,25,26). The molecule has 148 valence electrons. The quantitative estimate of drug-likeness (QED) is 0.609. The molecule has 28 heavy (non-hydrogen) atoms. The molecule has 4 bridgehead atoms. The maximum absolute atomic E-state index is 9.53. The number of nitrogens with zero attached hydrogens (tertiary/aromatic N) is 4. The molecule has 0 saturated heterocycles. The zero-order valence-electron chi connectivity index (χ0n) is 16.4. The van der Waals surface area contributed by atoms with Gasteiger partial charge in [0.1, 0.15) is 6.33 Å². The van der Waals surface area contributed by atoms with Crippen molar-refractivity contribution in [1.82, 2.24) is 19.5 Å². The number of hydrogen-bond donors (Lipinski definition) is 3. The van der Waals surface area contributed by atoms with Crippen molar-refractivity contribution in [3.63, 3.8) is 0 Å². The molecule has 5 aliphatic carbocycles. The highest BCUT2D eigenvalue weighted by Crippen LogP contribution is 2.62. The van der Waals surface area contributed by atoms with Crippen LogP contribution in [-0.4, -0.2) is 43.8 Å². The Kier molecular flexibility index (Phi) is 4.16. The second-order valence-corrected chi connectivity index (χ2v) is 8.63. The molecule has 3 saturated carbocycles. The SMILES string of the molecule is C=Cn1cnc2c(NCC34CC=C5C(CC5C3)C4)nc(NC(CC)CO)nc21. The molecule has 3 N–H and O–H groups in total. The van der Waals surface area contributed by atoms with Crippen molar-refractivity contribution in [3.05, 3.63) is 24.6 Å². The summed E-state index contributed by atoms with van der Waals surface area (Å²) in [5.41, 5.74) is 3.56. The Morgan fingerprint density at radius 3 is 2.89 bits per heavy atom. The molecule has 3 atom stereocenters. The summed E-state index contributed by atoms with van der Waals surface area (Å²) in [6, 6.07) is -0.0728. The van der Waals surface area contributed by atoms with Crippen LogP contribution in [0.4, 0.5) is 11.8 Å². The third-order valence-electron chi connectivity index (χ3n) is 6.94. The zero-order chi connectivity index (χ0) is 19.3. The summed E-state index contributed by atoms with van der Waals surface area (Å²) in [4.78, 5) is 13.8. The van der Waals surface area contributed by atoms with Gasteiger partial charge in [0, 0.05) is 12.7 Å². The van der Waals surface area contributed by atoms with Gasteiger partial charge in [-0.15, -0.1) is 0 Å². The van der Waals surface area contributed by atoms with Gasteiger partial charge in [-0.05, 0) is 49.4 Å². The number of nitrogens with one attached hydrogen (secondary N) is 2. The minimum Gasteiger partial charge on any atom is -0.394 e. The first-order valence-electron chi connectivity index (χ1n) is 10.3. The van der Waals surface area contributed by atoms with Gasteiger partial charge in [0.05, 0.1) is 12.6 Å². The van der Waals surface area contributed by atoms with E-state index in [1.54, 1.807) is 22.7 Å². The molecule has 3 unspecified atom stereocenters. The van der Waals surface area contributed by atoms with Crippen LogP contribution in [0, 0.1) is 17.3 Å². The van der Waals surface area contributed by atoms with Crippen LogP contribution in [0.25, 0.3) is 17.4 Å². The lowest BCUT2D eigenvalue weighted by Crippen LogP contribution is -2.49. The average molecular weight is 380 g/mol. The van der Waals surface area contributed by atoms with E-state index in [-0.39, 0.29) is 12.6 Å². The van der Waals surface area contributed by atoms with Crippen LogP contribution in [0.5, 0.6) is 0 Å². The number of imidazole rings is 1. The molecule has 0 aliphatic heterocycles. The maximum Gasteiger partial charge on any atom is 0.227 e. The third-order valence-corrected chi connectivity index (χ3v) is 6.94. The van der Waals surface area contributed by atoms with Gasteiger partial charge in [-0.1, -0.05) is 25.2 Å². The van der Waals surface area contributed by atoms with E-state index in [9.17, 15) is 5.11 Å². The van der Waals surface area contributed by atoms with Crippen molar-refractivity contribution in [3.8, 4) is 0 Å². The Hall–Kier alpha value is -2.41. The van der Waals surface area contributed by atoms with Gasteiger partial charge in [0.25, 0.3) is 0 Å². The van der Waals surface area contributed by atoms with Crippen molar-refractivity contribution < 1.29 is 5.11 Å². The van der Waals surface area contributed by atoms with Crippen LogP contribution in [0.1, 0.15) is 39.0 Å². The van der Waals surface area contributed by atoms with E-state index in [0.29, 0.717) is 11.4 Å². The molecule has 3 fully saturated rings. The highest BCUT2D eigenvalue weighted by atomic mass is 16.3. The van der Waals surface area contributed by atoms with E-state index in [1.807, 2.05) is 6.92 Å². The molecule has 2 aromatic heterocycles. The molecule has 0 spiro atoms. The number of allylic oxidation sites excluding steroid dienone is 2. The number of aliphatic hydroxyl groups is 1. The number of anilines is 2. The van der Waals surface area contributed by atoms with E-state index in [1.165, 1.54) is 25.7 Å². The van der Waals surface area contributed by atoms with Gasteiger partial charge in [0.15, 0.2) is 17.0 Å². The zero-order valence-corrected chi connectivity index (χ0v) is 16.4. The van der Waals surface area contributed by atoms with Crippen molar-refractivity contribution in [2.45, 2.75) is 45.1 Å². The Labute approximate surface area is 165 Å². The summed E-state index contributed by atoms with van der Waals surface area (Å²) >= 11 is 0. The Bertz CT molecular complexity index is 930. The summed E-state index contributed by atoms with van der Waals surface area (Å²) in [5.74, 6) is 2.91. The largest absolute Gasteiger partial charge is 0.394 e. The van der Waals surface area contributed by atoms with Crippen LogP contribution in [0.3, 0.4) is 0 Å². The van der Waals surface area contributed by atoms with E-state index in [0.717, 1.165) is 41.8 Å². The van der Waals surface area contributed by atoms with Crippen LogP contribution in [0.15, 0.2) is 24.6 Å². The molecule has 7 rings (SSSR count). The number of aliphatic hydroxyl groups excluding tert-OH is 1. The summed E-state index contributed by atoms with van der Waals surface area (Å²) in [6.07, 6.45) is 11.9. The van der Waals surface area contributed by atoms with Crippen LogP contribution in [-0.2, 0) is 0 Å². The highest BCUT2D eigenvalue weighted by molar-refractivity contribution is 5.85. The molecular weight excluding hydrogens is 352 g/mol. The fourth-order valence-electron chi connectivity index (χ4n) is 5.34. The number of aromatic nitrogens is 4. The molecule has 0 aromatic carbocycles. The molecular formula is C21H28N6O. The Morgan fingerprint density at radius 2 is 2.21 bits per heavy atom. The lowest BCUT2D eigenvalue weighted by Gasteiger charge is -2.58. The second kappa shape index (κ2) is 6.58. The fourth-order valence-corrected chi connectivity index (χ4v) is 5.34. The minimum absolute atomic E-state index is 0.0436. The maximum atomic E-state index is 9.53. The highest BCUT2D eigenvalue weighted by Gasteiger charge is 2.52. The van der Waals surface area contributed by atoms with E-state index in [2.05, 4.69) is 33.3 Å². The van der Waals surface area contributed by atoms with Crippen molar-refractivity contribution in [2.75, 3.05) is 23.8 Å². The predicted molar refractivity (Wildman–Crippen MR) is 111 cm³/mol. The topological polar surface area (TPSA) is 87.9 Å². The van der Waals surface area contributed by atoms with Gasteiger partial charge in [-0.25, -0.2) is 4.98 Å². The van der Waals surface area contributed by atoms with Crippen molar-refractivity contribution in [2.24, 2.45) is 17.3 Å². The molecule has 7 heteroatoms. The molecule has 0 amide bonds. The molecule has 2 aromatic rings. The van der Waals surface area contributed by atoms with Gasteiger partial charge in [0.2, 0.25) is 5.95 Å². The van der Waals surface area contributed by atoms with Crippen LogP contribution < -0.4 is 10.6 Å². The summed E-state index contributed by atoms with van der Waals surface area (Å²) < 4.78 is 1.80. The molecule has 0 radical (unpaired) electrons. The average Bonchev–Trinajstić information content (AvgIpc) is 3.13. The van der Waals surface area contributed by atoms with Crippen molar-refractivity contribution in [1.29, 1.82) is 0 Å². The van der Waals surface area contributed by atoms with Crippen LogP contribution in [0.2, 0.25) is 0 Å². The molecule has 7 nitrogen and oxygen atoms in total. The number of hydrogen-bond acceptors (Lipinski definition) is 6. The lowest BCUT2D eigenvalue weighted by atomic mass is 9.48. The summed E-state index contributed by atoms with van der Waals surface area (Å²) in [7, 11) is 0. The molecule has 2 heterocycles. The first-order chi connectivity index (χ1) is 13.6. The first-order valence-corrected chi connectivity index (χ1v) is 10.3. The van der Waals surface area contributed by atoms with Crippen molar-refractivity contribution >= 4 is 29.1 Å². The van der Waals surface area contributed by atoms with E-state index in [4.69, 9.17) is 4.98 Å². The smallest absolute Gasteiger partial charge is 0.227 e. The Morgan fingerprint density at radius 1 is 1.39 bits per heavy atom. The fraction of sp³-hybridized carbons (Fsp3) is 0.571. The Balaban J connectivity index is 1.43. The van der Waals surface area contributed by atoms with Gasteiger partial charge >= 0.3 is 0 Å². The summed E-state index contributed by atoms with van der Waals surface area (Å²) in [5, 5.41) is 16.4. The van der Waals surface area contributed by atoms with E-state index >= 15 is 0 Å². The van der Waals surface area contributed by atoms with Crippen LogP contribution >= 0.6 is 0 Å². The van der Waals surface area contributed by atoms with E-state index < -0.39 is 0 Å². The van der Waals surface area contributed by atoms with Gasteiger partial charge in [-0.3, -0.25) is 4.57 Å². The molecule has 5 aliphatic rings. The van der Waals surface area contributed by atoms with Gasteiger partial charge in [-0.2, -0.15) is 9.97 Å². The second-order valence-electron chi connectivity index (χ2n) is 8.63. The minimum atomic E-state index is -0.0728. The third kappa shape index (κ3) is 2.71. The number of rotatable bonds is 8. The normalized spacial score (nSPS) is 28.6. The number of fused-ring (bicyclic) bond motifs is 2. The summed E-state index contributed by atoms with van der Waals surface area (Å²) in [6.45, 7) is 6.82. The predicted octanol–water partition coefficient (Wildman–Crippen LogP) is 3.27. The lowest BCUT2D eigenvalue weighted by molar-refractivity contribution is 0.0485.